The van der Waals surface area contributed by atoms with Gasteiger partial charge < -0.3 is 38.8 Å². The lowest BCUT2D eigenvalue weighted by molar-refractivity contribution is -0.217. The smallest absolute Gasteiger partial charge is 0.348 e. The third-order valence-corrected chi connectivity index (χ3v) is 11.8. The van der Waals surface area contributed by atoms with Crippen LogP contribution in [0.3, 0.4) is 0 Å². The van der Waals surface area contributed by atoms with Crippen LogP contribution in [0.25, 0.3) is 6.08 Å². The van der Waals surface area contributed by atoms with E-state index in [1.165, 1.54) is 11.1 Å². The summed E-state index contributed by atoms with van der Waals surface area (Å²) in [5.74, 6) is -3.99. The molecule has 1 saturated carbocycles. The minimum absolute atomic E-state index is 0.0428. The number of rotatable bonds is 11. The molecule has 2 aromatic carbocycles. The highest BCUT2D eigenvalue weighted by atomic mass is 16.8. The van der Waals surface area contributed by atoms with E-state index < -0.39 is 101 Å². The fraction of sp³-hybridized carbons (Fsp3) is 0.558. The van der Waals surface area contributed by atoms with Gasteiger partial charge in [-0.3, -0.25) is 19.2 Å². The number of esters is 4. The molecule has 1 spiro atoms. The van der Waals surface area contributed by atoms with Crippen molar-refractivity contribution in [1.29, 1.82) is 0 Å². The van der Waals surface area contributed by atoms with Gasteiger partial charge in [-0.25, -0.2) is 9.59 Å². The van der Waals surface area contributed by atoms with Crippen molar-refractivity contribution in [3.63, 3.8) is 0 Å². The van der Waals surface area contributed by atoms with Crippen LogP contribution in [0.2, 0.25) is 0 Å². The lowest BCUT2D eigenvalue weighted by atomic mass is 9.62. The Morgan fingerprint density at radius 1 is 1.02 bits per heavy atom. The van der Waals surface area contributed by atoms with Gasteiger partial charge in [0.2, 0.25) is 12.0 Å². The summed E-state index contributed by atoms with van der Waals surface area (Å²) in [6.45, 7) is 8.59. The standard InChI is InChI=1S/C43H50N2O13/c1-40(2,3)55-31(48)16-14-28(22-46)44-39(51)43-20-29-32-33(57-42(56-32)18-26-11-6-7-12-27(26)19-42)35(43)58-45(34(43)37(49)53-29)21-25-10-8-9-24(17-25)13-15-30(47)54-36-38(50)52-23-41(36,4)5/h6-13,15,17,28-29,32-36,46H,14,16,18-23H2,1-5H3,(H,44,51). The number of amides is 1. The third kappa shape index (κ3) is 7.43. The number of fused-ring (bicyclic) bond motifs is 5. The molecule has 310 valence electrons. The van der Waals surface area contributed by atoms with Crippen molar-refractivity contribution < 1.29 is 62.3 Å². The average molecular weight is 803 g/mol. The summed E-state index contributed by atoms with van der Waals surface area (Å²) in [6.07, 6.45) is -0.461. The quantitative estimate of drug-likeness (QED) is 0.192. The third-order valence-electron chi connectivity index (χ3n) is 11.8. The molecule has 4 aliphatic heterocycles. The van der Waals surface area contributed by atoms with Crippen molar-refractivity contribution in [2.75, 3.05) is 13.2 Å². The van der Waals surface area contributed by atoms with Crippen molar-refractivity contribution in [2.45, 2.75) is 127 Å². The number of carbonyl (C=O) groups is 5. The predicted molar refractivity (Wildman–Crippen MR) is 202 cm³/mol. The Hall–Kier alpha value is -4.67. The molecular weight excluding hydrogens is 752 g/mol. The van der Waals surface area contributed by atoms with Crippen LogP contribution in [0.5, 0.6) is 0 Å². The Bertz CT molecular complexity index is 2000. The fourth-order valence-corrected chi connectivity index (χ4v) is 9.20. The molecule has 0 radical (unpaired) electrons. The number of hydrogen-bond acceptors (Lipinski definition) is 14. The van der Waals surface area contributed by atoms with Gasteiger partial charge in [0.1, 0.15) is 42.0 Å². The second-order valence-electron chi connectivity index (χ2n) is 17.9. The van der Waals surface area contributed by atoms with Gasteiger partial charge in [-0.1, -0.05) is 62.4 Å². The summed E-state index contributed by atoms with van der Waals surface area (Å²) < 4.78 is 35.6. The summed E-state index contributed by atoms with van der Waals surface area (Å²) in [5, 5.41) is 14.8. The number of nitrogens with zero attached hydrogens (tertiary/aromatic N) is 1. The van der Waals surface area contributed by atoms with Gasteiger partial charge in [0, 0.05) is 37.2 Å². The Balaban J connectivity index is 1.05. The van der Waals surface area contributed by atoms with E-state index in [4.69, 9.17) is 33.3 Å². The van der Waals surface area contributed by atoms with Gasteiger partial charge in [0.15, 0.2) is 11.8 Å². The molecule has 4 saturated heterocycles. The van der Waals surface area contributed by atoms with Gasteiger partial charge in [-0.15, -0.1) is 0 Å². The summed E-state index contributed by atoms with van der Waals surface area (Å²) in [5.41, 5.74) is 0.623. The maximum atomic E-state index is 14.8. The fourth-order valence-electron chi connectivity index (χ4n) is 9.20. The van der Waals surface area contributed by atoms with Crippen molar-refractivity contribution in [3.05, 3.63) is 76.9 Å². The molecule has 6 aliphatic rings. The Morgan fingerprint density at radius 3 is 2.41 bits per heavy atom. The van der Waals surface area contributed by atoms with Crippen molar-refractivity contribution >= 4 is 35.9 Å². The van der Waals surface area contributed by atoms with Crippen LogP contribution in [0, 0.1) is 10.8 Å². The van der Waals surface area contributed by atoms with Crippen molar-refractivity contribution in [3.8, 4) is 0 Å². The molecule has 1 amide bonds. The topological polar surface area (TPSA) is 185 Å². The molecule has 2 N–H and O–H groups in total. The van der Waals surface area contributed by atoms with Crippen molar-refractivity contribution in [2.24, 2.45) is 10.8 Å². The summed E-state index contributed by atoms with van der Waals surface area (Å²) in [4.78, 5) is 73.1. The highest BCUT2D eigenvalue weighted by Crippen LogP contribution is 2.58. The van der Waals surface area contributed by atoms with Crippen LogP contribution in [-0.4, -0.2) is 107 Å². The highest BCUT2D eigenvalue weighted by Gasteiger charge is 2.76. The molecule has 15 nitrogen and oxygen atoms in total. The normalized spacial score (nSPS) is 30.7. The Morgan fingerprint density at radius 2 is 1.74 bits per heavy atom. The maximum absolute atomic E-state index is 14.8. The number of hydrogen-bond donors (Lipinski definition) is 2. The number of benzene rings is 2. The first kappa shape index (κ1) is 40.1. The lowest BCUT2D eigenvalue weighted by Gasteiger charge is -2.49. The average Bonchev–Trinajstić information content (AvgIpc) is 3.89. The van der Waals surface area contributed by atoms with Crippen LogP contribution in [0.4, 0.5) is 0 Å². The zero-order valence-corrected chi connectivity index (χ0v) is 33.3. The van der Waals surface area contributed by atoms with Crippen LogP contribution in [-0.2, 0) is 76.6 Å². The van der Waals surface area contributed by atoms with Gasteiger partial charge in [0.25, 0.3) is 0 Å². The highest BCUT2D eigenvalue weighted by molar-refractivity contribution is 5.94. The molecule has 8 atom stereocenters. The Kier molecular flexibility index (Phi) is 10.3. The van der Waals surface area contributed by atoms with E-state index in [2.05, 4.69) is 5.32 Å². The number of hydroxylamine groups is 2. The molecule has 4 heterocycles. The molecule has 15 heteroatoms. The molecule has 58 heavy (non-hydrogen) atoms. The van der Waals surface area contributed by atoms with E-state index in [9.17, 15) is 29.1 Å². The monoisotopic (exact) mass is 802 g/mol. The van der Waals surface area contributed by atoms with Crippen LogP contribution in [0.15, 0.2) is 54.6 Å². The van der Waals surface area contributed by atoms with Gasteiger partial charge >= 0.3 is 23.9 Å². The van der Waals surface area contributed by atoms with Gasteiger partial charge in [-0.05, 0) is 55.5 Å². The van der Waals surface area contributed by atoms with E-state index in [1.807, 2.05) is 30.3 Å². The largest absolute Gasteiger partial charge is 0.462 e. The SMILES string of the molecule is CC(C)(C)OC(=O)CCC(CO)NC(=O)C12CC3OC(=O)C1N(Cc1cccc(C=CC(=O)OC4C(=O)OCC4(C)C)c1)OC2C1OC2(Cc4ccccc4C2)OC31. The van der Waals surface area contributed by atoms with Crippen molar-refractivity contribution in [1.82, 2.24) is 10.4 Å². The number of carbonyl (C=O) groups excluding carboxylic acids is 5. The van der Waals surface area contributed by atoms with Crippen LogP contribution in [0.1, 0.15) is 76.1 Å². The minimum atomic E-state index is -1.52. The number of nitrogens with one attached hydrogen (secondary N) is 1. The molecule has 2 aromatic rings. The summed E-state index contributed by atoms with van der Waals surface area (Å²) >= 11 is 0. The van der Waals surface area contributed by atoms with Crippen LogP contribution >= 0.6 is 0 Å². The second-order valence-corrected chi connectivity index (χ2v) is 17.9. The number of aliphatic hydroxyl groups excluding tert-OH is 1. The van der Waals surface area contributed by atoms with E-state index in [0.717, 1.165) is 11.1 Å². The molecule has 2 aliphatic carbocycles. The predicted octanol–water partition coefficient (Wildman–Crippen LogP) is 2.87. The number of aliphatic hydroxyl groups is 1. The minimum Gasteiger partial charge on any atom is -0.462 e. The van der Waals surface area contributed by atoms with Gasteiger partial charge in [-0.2, -0.15) is 5.06 Å². The molecular formula is C43H50N2O13. The molecule has 8 unspecified atom stereocenters. The molecule has 5 fully saturated rings. The summed E-state index contributed by atoms with van der Waals surface area (Å²) in [6, 6.07) is 13.1. The van der Waals surface area contributed by atoms with E-state index >= 15 is 0 Å². The first-order valence-electron chi connectivity index (χ1n) is 19.8. The zero-order chi connectivity index (χ0) is 41.2. The number of cyclic esters (lactones) is 1. The Labute approximate surface area is 336 Å². The van der Waals surface area contributed by atoms with Gasteiger partial charge in [0.05, 0.1) is 19.2 Å². The molecule has 2 bridgehead atoms. The van der Waals surface area contributed by atoms with E-state index in [0.29, 0.717) is 24.0 Å². The van der Waals surface area contributed by atoms with Crippen LogP contribution < -0.4 is 5.32 Å². The second kappa shape index (κ2) is 14.9. The van der Waals surface area contributed by atoms with E-state index in [1.54, 1.807) is 58.9 Å². The molecule has 0 aromatic heterocycles. The number of ether oxygens (including phenoxy) is 6. The lowest BCUT2D eigenvalue weighted by Crippen LogP contribution is -2.70. The first-order valence-corrected chi connectivity index (χ1v) is 19.8. The maximum Gasteiger partial charge on any atom is 0.348 e. The first-order chi connectivity index (χ1) is 27.5. The molecule has 8 rings (SSSR count). The summed E-state index contributed by atoms with van der Waals surface area (Å²) in [7, 11) is 0. The van der Waals surface area contributed by atoms with E-state index in [-0.39, 0.29) is 32.4 Å². The zero-order valence-electron chi connectivity index (χ0n) is 33.3.